The molecule has 3 rings (SSSR count). The molecule has 8 heteroatoms. The lowest BCUT2D eigenvalue weighted by molar-refractivity contribution is -0.197. The van der Waals surface area contributed by atoms with Crippen molar-refractivity contribution in [3.05, 3.63) is 36.0 Å². The first-order valence-corrected chi connectivity index (χ1v) is 9.57. The van der Waals surface area contributed by atoms with E-state index in [4.69, 9.17) is 4.84 Å². The van der Waals surface area contributed by atoms with Gasteiger partial charge in [0.05, 0.1) is 6.20 Å². The summed E-state index contributed by atoms with van der Waals surface area (Å²) in [5.74, 6) is -1.44. The Morgan fingerprint density at radius 2 is 1.71 bits per heavy atom. The van der Waals surface area contributed by atoms with Crippen LogP contribution in [0.5, 0.6) is 0 Å². The molecule has 2 heterocycles. The molecule has 1 fully saturated rings. The van der Waals surface area contributed by atoms with Gasteiger partial charge < -0.3 is 4.84 Å². The summed E-state index contributed by atoms with van der Waals surface area (Å²) in [4.78, 5) is 39.3. The lowest BCUT2D eigenvalue weighted by Gasteiger charge is -2.12. The molecule has 0 bridgehead atoms. The molecule has 2 amide bonds. The van der Waals surface area contributed by atoms with Crippen LogP contribution in [0.3, 0.4) is 0 Å². The minimum absolute atomic E-state index is 0.111. The summed E-state index contributed by atoms with van der Waals surface area (Å²) in [5.41, 5.74) is 3.11. The van der Waals surface area contributed by atoms with Gasteiger partial charge in [-0.1, -0.05) is 47.9 Å². The van der Waals surface area contributed by atoms with Gasteiger partial charge in [0.1, 0.15) is 5.69 Å². The number of aryl methyl sites for hydroxylation is 2. The zero-order chi connectivity index (χ0) is 19.9. The molecule has 28 heavy (non-hydrogen) atoms. The van der Waals surface area contributed by atoms with Gasteiger partial charge in [-0.05, 0) is 19.8 Å². The first-order chi connectivity index (χ1) is 13.5. The molecule has 1 aromatic heterocycles. The SMILES string of the molecule is Cc1ccc(-c2cn(CCCCCCC(=O)ON3C(=O)CCC3=O)nn2)cc1. The van der Waals surface area contributed by atoms with Crippen LogP contribution in [0.25, 0.3) is 11.3 Å². The molecule has 0 atom stereocenters. The topological polar surface area (TPSA) is 94.4 Å². The molecule has 1 saturated heterocycles. The van der Waals surface area contributed by atoms with Gasteiger partial charge in [-0.25, -0.2) is 4.79 Å². The van der Waals surface area contributed by atoms with Crippen LogP contribution < -0.4 is 0 Å². The first-order valence-electron chi connectivity index (χ1n) is 9.57. The van der Waals surface area contributed by atoms with Crippen molar-refractivity contribution in [3.8, 4) is 11.3 Å². The van der Waals surface area contributed by atoms with Gasteiger partial charge in [0.25, 0.3) is 11.8 Å². The number of carbonyl (C=O) groups is 3. The van der Waals surface area contributed by atoms with E-state index in [1.54, 1.807) is 0 Å². The van der Waals surface area contributed by atoms with Crippen molar-refractivity contribution < 1.29 is 19.2 Å². The lowest BCUT2D eigenvalue weighted by Crippen LogP contribution is -2.31. The highest BCUT2D eigenvalue weighted by atomic mass is 16.7. The van der Waals surface area contributed by atoms with E-state index < -0.39 is 17.8 Å². The number of rotatable bonds is 9. The number of benzene rings is 1. The van der Waals surface area contributed by atoms with Crippen molar-refractivity contribution >= 4 is 17.8 Å². The van der Waals surface area contributed by atoms with Gasteiger partial charge in [-0.15, -0.1) is 10.2 Å². The van der Waals surface area contributed by atoms with Crippen LogP contribution in [0.2, 0.25) is 0 Å². The number of unbranched alkanes of at least 4 members (excludes halogenated alkanes) is 3. The Morgan fingerprint density at radius 1 is 1.04 bits per heavy atom. The highest BCUT2D eigenvalue weighted by Crippen LogP contribution is 2.17. The third-order valence-electron chi connectivity index (χ3n) is 4.60. The van der Waals surface area contributed by atoms with Gasteiger partial charge in [0.15, 0.2) is 0 Å². The van der Waals surface area contributed by atoms with Gasteiger partial charge in [0, 0.05) is 31.4 Å². The zero-order valence-electron chi connectivity index (χ0n) is 16.0. The molecule has 1 aromatic carbocycles. The third kappa shape index (κ3) is 5.25. The average molecular weight is 384 g/mol. The van der Waals surface area contributed by atoms with Gasteiger partial charge in [-0.2, -0.15) is 0 Å². The number of imide groups is 1. The van der Waals surface area contributed by atoms with E-state index in [0.717, 1.165) is 37.1 Å². The third-order valence-corrected chi connectivity index (χ3v) is 4.60. The van der Waals surface area contributed by atoms with Crippen molar-refractivity contribution in [2.75, 3.05) is 0 Å². The molecule has 0 spiro atoms. The predicted molar refractivity (Wildman–Crippen MR) is 100 cm³/mol. The zero-order valence-corrected chi connectivity index (χ0v) is 16.0. The minimum Gasteiger partial charge on any atom is -0.330 e. The van der Waals surface area contributed by atoms with Crippen molar-refractivity contribution in [1.29, 1.82) is 0 Å². The molecule has 0 unspecified atom stereocenters. The summed E-state index contributed by atoms with van der Waals surface area (Å²) in [6.45, 7) is 2.81. The summed E-state index contributed by atoms with van der Waals surface area (Å²) in [6, 6.07) is 8.17. The maximum Gasteiger partial charge on any atom is 0.333 e. The maximum absolute atomic E-state index is 11.7. The first kappa shape index (κ1) is 19.7. The predicted octanol–water partition coefficient (Wildman–Crippen LogP) is 2.81. The van der Waals surface area contributed by atoms with Crippen molar-refractivity contribution in [3.63, 3.8) is 0 Å². The van der Waals surface area contributed by atoms with E-state index in [1.807, 2.05) is 29.9 Å². The van der Waals surface area contributed by atoms with Crippen LogP contribution in [-0.2, 0) is 25.8 Å². The second-order valence-electron chi connectivity index (χ2n) is 6.94. The molecule has 1 aliphatic heterocycles. The smallest absolute Gasteiger partial charge is 0.330 e. The molecule has 148 valence electrons. The molecule has 0 N–H and O–H groups in total. The fourth-order valence-electron chi connectivity index (χ4n) is 2.97. The number of amides is 2. The summed E-state index contributed by atoms with van der Waals surface area (Å²) in [5, 5.41) is 8.96. The van der Waals surface area contributed by atoms with E-state index >= 15 is 0 Å². The van der Waals surface area contributed by atoms with Crippen LogP contribution in [0.4, 0.5) is 0 Å². The highest BCUT2D eigenvalue weighted by Gasteiger charge is 2.32. The Kier molecular flexibility index (Phi) is 6.52. The molecular formula is C20H24N4O4. The molecule has 1 aliphatic rings. The van der Waals surface area contributed by atoms with Crippen molar-refractivity contribution in [1.82, 2.24) is 20.1 Å². The van der Waals surface area contributed by atoms with Gasteiger partial charge in [0.2, 0.25) is 0 Å². The van der Waals surface area contributed by atoms with Crippen LogP contribution in [-0.4, -0.2) is 37.8 Å². The molecular weight excluding hydrogens is 360 g/mol. The summed E-state index contributed by atoms with van der Waals surface area (Å²) < 4.78 is 1.83. The Morgan fingerprint density at radius 3 is 2.43 bits per heavy atom. The van der Waals surface area contributed by atoms with Gasteiger partial charge >= 0.3 is 5.97 Å². The fraction of sp³-hybridized carbons (Fsp3) is 0.450. The van der Waals surface area contributed by atoms with Crippen LogP contribution >= 0.6 is 0 Å². The van der Waals surface area contributed by atoms with E-state index in [1.165, 1.54) is 5.56 Å². The van der Waals surface area contributed by atoms with E-state index in [9.17, 15) is 14.4 Å². The van der Waals surface area contributed by atoms with Crippen LogP contribution in [0, 0.1) is 6.92 Å². The number of hydrogen-bond acceptors (Lipinski definition) is 6. The van der Waals surface area contributed by atoms with E-state index in [2.05, 4.69) is 22.4 Å². The molecule has 2 aromatic rings. The van der Waals surface area contributed by atoms with Crippen LogP contribution in [0.1, 0.15) is 50.5 Å². The van der Waals surface area contributed by atoms with Crippen molar-refractivity contribution in [2.45, 2.75) is 58.4 Å². The van der Waals surface area contributed by atoms with Crippen LogP contribution in [0.15, 0.2) is 30.5 Å². The lowest BCUT2D eigenvalue weighted by atomic mass is 10.1. The Hall–Kier alpha value is -3.03. The average Bonchev–Trinajstić information content (AvgIpc) is 3.27. The molecule has 8 nitrogen and oxygen atoms in total. The second kappa shape index (κ2) is 9.25. The molecule has 0 radical (unpaired) electrons. The quantitative estimate of drug-likeness (QED) is 0.487. The number of hydrogen-bond donors (Lipinski definition) is 0. The van der Waals surface area contributed by atoms with E-state index in [-0.39, 0.29) is 19.3 Å². The van der Waals surface area contributed by atoms with E-state index in [0.29, 0.717) is 11.5 Å². The normalized spacial score (nSPS) is 14.0. The maximum atomic E-state index is 11.7. The number of nitrogens with zero attached hydrogens (tertiary/aromatic N) is 4. The largest absolute Gasteiger partial charge is 0.333 e. The Balaban J connectivity index is 1.31. The number of aromatic nitrogens is 3. The highest BCUT2D eigenvalue weighted by molar-refractivity contribution is 6.01. The van der Waals surface area contributed by atoms with Gasteiger partial charge in [-0.3, -0.25) is 14.3 Å². The Bertz CT molecular complexity index is 828. The fourth-order valence-corrected chi connectivity index (χ4v) is 2.97. The Labute approximate surface area is 163 Å². The molecule has 0 saturated carbocycles. The summed E-state index contributed by atoms with van der Waals surface area (Å²) >= 11 is 0. The standard InChI is InChI=1S/C20H24N4O4/c1-15-7-9-16(10-8-15)17-14-23(22-21-17)13-5-3-2-4-6-20(27)28-24-18(25)11-12-19(24)26/h7-10,14H,2-6,11-13H2,1H3. The summed E-state index contributed by atoms with van der Waals surface area (Å²) in [6.07, 6.45) is 5.73. The number of carbonyl (C=O) groups excluding carboxylic acids is 3. The minimum atomic E-state index is -0.539. The van der Waals surface area contributed by atoms with Crippen molar-refractivity contribution in [2.24, 2.45) is 0 Å². The number of hydroxylamine groups is 2. The second-order valence-corrected chi connectivity index (χ2v) is 6.94. The summed E-state index contributed by atoms with van der Waals surface area (Å²) in [7, 11) is 0. The molecule has 0 aliphatic carbocycles. The monoisotopic (exact) mass is 384 g/mol.